The van der Waals surface area contributed by atoms with E-state index in [0.29, 0.717) is 29.2 Å². The molecule has 6 rings (SSSR count). The van der Waals surface area contributed by atoms with Crippen LogP contribution < -0.4 is 10.2 Å². The molecule has 174 valence electrons. The summed E-state index contributed by atoms with van der Waals surface area (Å²) in [6.45, 7) is 2.08. The Labute approximate surface area is 195 Å². The van der Waals surface area contributed by atoms with Crippen LogP contribution in [0.25, 0.3) is 5.52 Å². The highest BCUT2D eigenvalue weighted by Gasteiger charge is 2.48. The van der Waals surface area contributed by atoms with Gasteiger partial charge in [-0.1, -0.05) is 0 Å². The first-order chi connectivity index (χ1) is 16.5. The third-order valence-corrected chi connectivity index (χ3v) is 6.66. The van der Waals surface area contributed by atoms with E-state index in [1.54, 1.807) is 28.0 Å². The first kappa shape index (κ1) is 20.7. The Balaban J connectivity index is 1.34. The lowest BCUT2D eigenvalue weighted by atomic mass is 9.90. The zero-order chi connectivity index (χ0) is 23.3. The molecule has 0 aromatic carbocycles. The summed E-state index contributed by atoms with van der Waals surface area (Å²) in [6.07, 6.45) is 8.64. The second-order valence-corrected chi connectivity index (χ2v) is 9.25. The van der Waals surface area contributed by atoms with Gasteiger partial charge in [0.05, 0.1) is 18.2 Å². The molecule has 1 saturated heterocycles. The van der Waals surface area contributed by atoms with E-state index in [-0.39, 0.29) is 25.2 Å². The first-order valence-corrected chi connectivity index (χ1v) is 11.4. The van der Waals surface area contributed by atoms with Crippen molar-refractivity contribution in [2.45, 2.75) is 50.2 Å². The van der Waals surface area contributed by atoms with Crippen molar-refractivity contribution in [2.24, 2.45) is 0 Å². The molecule has 2 aliphatic rings. The molecule has 3 N–H and O–H groups in total. The number of carbonyl (C=O) groups is 1. The van der Waals surface area contributed by atoms with Gasteiger partial charge in [0, 0.05) is 55.4 Å². The van der Waals surface area contributed by atoms with Gasteiger partial charge in [-0.3, -0.25) is 19.9 Å². The number of H-pyrrole nitrogens is 1. The van der Waals surface area contributed by atoms with Crippen LogP contribution in [0.4, 0.5) is 17.6 Å². The number of aromatic nitrogens is 7. The molecular formula is C23H25N9O2. The normalized spacial score (nSPS) is 22.4. The molecule has 0 unspecified atom stereocenters. The number of Topliss-reactive ketones (excluding diaryl/α,β-unsaturated/α-hetero) is 1. The fourth-order valence-electron chi connectivity index (χ4n) is 4.64. The van der Waals surface area contributed by atoms with Gasteiger partial charge in [-0.2, -0.15) is 10.1 Å². The van der Waals surface area contributed by atoms with E-state index in [1.165, 1.54) is 12.8 Å². The Morgan fingerprint density at radius 3 is 3.03 bits per heavy atom. The molecule has 1 aliphatic carbocycles. The second kappa shape index (κ2) is 7.87. The summed E-state index contributed by atoms with van der Waals surface area (Å²) in [5.74, 6) is 2.10. The molecule has 34 heavy (non-hydrogen) atoms. The molecule has 11 heteroatoms. The van der Waals surface area contributed by atoms with Gasteiger partial charge < -0.3 is 15.3 Å². The summed E-state index contributed by atoms with van der Waals surface area (Å²) >= 11 is 0. The first-order valence-electron chi connectivity index (χ1n) is 11.4. The molecule has 4 aromatic heterocycles. The van der Waals surface area contributed by atoms with Crippen LogP contribution in [0.2, 0.25) is 0 Å². The highest BCUT2D eigenvalue weighted by atomic mass is 16.3. The van der Waals surface area contributed by atoms with Crippen molar-refractivity contribution in [2.75, 3.05) is 16.8 Å². The summed E-state index contributed by atoms with van der Waals surface area (Å²) in [5, 5.41) is 26.0. The van der Waals surface area contributed by atoms with E-state index in [1.807, 2.05) is 31.3 Å². The predicted molar refractivity (Wildman–Crippen MR) is 124 cm³/mol. The lowest BCUT2D eigenvalue weighted by molar-refractivity contribution is -0.123. The Hall–Kier alpha value is -3.86. The standard InChI is InChI=1S/C23H25N9O2/c1-23(19(34)9-15-12-24-6-7-25-15)11-16(33)13-31(23)22-27-21(18-3-2-8-32(18)30-22)26-20-10-17(28-29-20)14-4-5-14/h2-3,6-8,10,12,14,16,33H,4-5,9,11,13H2,1H3,(H2,26,27,28,29,30)/t16-,23-/m0/s1. The maximum absolute atomic E-state index is 13.4. The van der Waals surface area contributed by atoms with Crippen molar-refractivity contribution >= 4 is 28.9 Å². The quantitative estimate of drug-likeness (QED) is 0.379. The fraction of sp³-hybridized carbons (Fsp3) is 0.391. The Kier molecular flexibility index (Phi) is 4.80. The number of rotatable bonds is 7. The van der Waals surface area contributed by atoms with Gasteiger partial charge in [0.15, 0.2) is 17.4 Å². The summed E-state index contributed by atoms with van der Waals surface area (Å²) in [6, 6.07) is 5.81. The number of hydrogen-bond acceptors (Lipinski definition) is 9. The Bertz CT molecular complexity index is 1350. The van der Waals surface area contributed by atoms with Crippen molar-refractivity contribution in [3.05, 3.63) is 54.4 Å². The summed E-state index contributed by atoms with van der Waals surface area (Å²) in [7, 11) is 0. The maximum Gasteiger partial charge on any atom is 0.246 e. The van der Waals surface area contributed by atoms with Crippen LogP contribution in [0.1, 0.15) is 43.5 Å². The SMILES string of the molecule is C[C@@]1(C(=O)Cc2cnccn2)C[C@H](O)CN1c1nc(Nc2cc(C3CC3)[nH]n2)c2cccn2n1. The summed E-state index contributed by atoms with van der Waals surface area (Å²) in [5.41, 5.74) is 1.50. The number of anilines is 3. The van der Waals surface area contributed by atoms with Crippen LogP contribution >= 0.6 is 0 Å². The van der Waals surface area contributed by atoms with E-state index >= 15 is 0 Å². The minimum absolute atomic E-state index is 0.0726. The molecule has 0 amide bonds. The van der Waals surface area contributed by atoms with E-state index in [0.717, 1.165) is 11.2 Å². The minimum Gasteiger partial charge on any atom is -0.391 e. The average Bonchev–Trinajstić information content (AvgIpc) is 3.23. The lowest BCUT2D eigenvalue weighted by Crippen LogP contribution is -2.50. The Morgan fingerprint density at radius 1 is 1.35 bits per heavy atom. The predicted octanol–water partition coefficient (Wildman–Crippen LogP) is 2.00. The molecule has 4 aromatic rings. The van der Waals surface area contributed by atoms with Crippen molar-refractivity contribution < 1.29 is 9.90 Å². The van der Waals surface area contributed by atoms with Crippen LogP contribution in [0.3, 0.4) is 0 Å². The number of aromatic amines is 1. The largest absolute Gasteiger partial charge is 0.391 e. The van der Waals surface area contributed by atoms with Gasteiger partial charge >= 0.3 is 0 Å². The summed E-state index contributed by atoms with van der Waals surface area (Å²) in [4.78, 5) is 28.3. The molecule has 1 aliphatic heterocycles. The van der Waals surface area contributed by atoms with Gasteiger partial charge in [-0.25, -0.2) is 4.52 Å². The average molecular weight is 460 g/mol. The smallest absolute Gasteiger partial charge is 0.246 e. The van der Waals surface area contributed by atoms with Crippen LogP contribution in [-0.2, 0) is 11.2 Å². The van der Waals surface area contributed by atoms with Gasteiger partial charge in [-0.15, -0.1) is 5.10 Å². The Morgan fingerprint density at radius 2 is 2.24 bits per heavy atom. The number of β-amino-alcohol motifs (C(OH)–C–C–N with tert-alkyl or cyclic N) is 1. The molecule has 2 atom stereocenters. The van der Waals surface area contributed by atoms with E-state index in [4.69, 9.17) is 4.98 Å². The van der Waals surface area contributed by atoms with E-state index < -0.39 is 11.6 Å². The zero-order valence-corrected chi connectivity index (χ0v) is 18.7. The number of nitrogens with one attached hydrogen (secondary N) is 2. The van der Waals surface area contributed by atoms with Gasteiger partial charge in [-0.05, 0) is 31.9 Å². The fourth-order valence-corrected chi connectivity index (χ4v) is 4.64. The number of nitrogens with zero attached hydrogens (tertiary/aromatic N) is 7. The van der Waals surface area contributed by atoms with Gasteiger partial charge in [0.1, 0.15) is 11.1 Å². The number of hydrogen-bond donors (Lipinski definition) is 3. The molecule has 0 radical (unpaired) electrons. The van der Waals surface area contributed by atoms with Crippen molar-refractivity contribution in [3.63, 3.8) is 0 Å². The van der Waals surface area contributed by atoms with Crippen LogP contribution in [-0.4, -0.2) is 63.8 Å². The highest BCUT2D eigenvalue weighted by Crippen LogP contribution is 2.40. The number of ketones is 1. The van der Waals surface area contributed by atoms with Crippen LogP contribution in [0.15, 0.2) is 43.0 Å². The number of aliphatic hydroxyl groups is 1. The lowest BCUT2D eigenvalue weighted by Gasteiger charge is -2.33. The number of carbonyl (C=O) groups excluding carboxylic acids is 1. The third-order valence-electron chi connectivity index (χ3n) is 6.66. The van der Waals surface area contributed by atoms with Crippen LogP contribution in [0, 0.1) is 0 Å². The zero-order valence-electron chi connectivity index (χ0n) is 18.7. The summed E-state index contributed by atoms with van der Waals surface area (Å²) < 4.78 is 1.72. The third kappa shape index (κ3) is 3.67. The minimum atomic E-state index is -0.986. The van der Waals surface area contributed by atoms with Gasteiger partial charge in [0.2, 0.25) is 5.95 Å². The molecular weight excluding hydrogens is 434 g/mol. The molecule has 0 spiro atoms. The van der Waals surface area contributed by atoms with Crippen LogP contribution in [0.5, 0.6) is 0 Å². The van der Waals surface area contributed by atoms with Crippen molar-refractivity contribution in [1.82, 2.24) is 34.8 Å². The molecule has 5 heterocycles. The maximum atomic E-state index is 13.4. The van der Waals surface area contributed by atoms with Crippen molar-refractivity contribution in [3.8, 4) is 0 Å². The van der Waals surface area contributed by atoms with Crippen molar-refractivity contribution in [1.29, 1.82) is 0 Å². The molecule has 11 nitrogen and oxygen atoms in total. The molecule has 0 bridgehead atoms. The number of aliphatic hydroxyl groups excluding tert-OH is 1. The second-order valence-electron chi connectivity index (χ2n) is 9.25. The van der Waals surface area contributed by atoms with E-state index in [9.17, 15) is 9.90 Å². The monoisotopic (exact) mass is 459 g/mol. The molecule has 2 fully saturated rings. The molecule has 1 saturated carbocycles. The topological polar surface area (TPSA) is 137 Å². The van der Waals surface area contributed by atoms with Gasteiger partial charge in [0.25, 0.3) is 0 Å². The van der Waals surface area contributed by atoms with E-state index in [2.05, 4.69) is 30.6 Å². The highest BCUT2D eigenvalue weighted by molar-refractivity contribution is 5.93. The number of fused-ring (bicyclic) bond motifs is 1.